The lowest BCUT2D eigenvalue weighted by atomic mass is 9.99. The van der Waals surface area contributed by atoms with Gasteiger partial charge >= 0.3 is 0 Å². The number of carbonyl (C=O) groups excluding carboxylic acids is 1. The van der Waals surface area contributed by atoms with Crippen molar-refractivity contribution in [3.63, 3.8) is 0 Å². The Morgan fingerprint density at radius 3 is 3.05 bits per heavy atom. The average molecular weight is 266 g/mol. The zero-order chi connectivity index (χ0) is 13.5. The highest BCUT2D eigenvalue weighted by molar-refractivity contribution is 5.85. The molecule has 0 bridgehead atoms. The van der Waals surface area contributed by atoms with Crippen molar-refractivity contribution in [2.45, 2.75) is 12.5 Å². The van der Waals surface area contributed by atoms with Crippen LogP contribution >= 0.6 is 0 Å². The topological polar surface area (TPSA) is 62.7 Å². The molecule has 100 valence electrons. The fraction of sp³-hybridized carbons (Fsp3) is 0.200. The SMILES string of the molecule is O=C1Cn2c(cc3ccccc32)C(c2cn[nH]c2)CN1. The summed E-state index contributed by atoms with van der Waals surface area (Å²) in [5.74, 6) is 0.186. The van der Waals surface area contributed by atoms with Gasteiger partial charge in [-0.25, -0.2) is 0 Å². The molecule has 0 radical (unpaired) electrons. The number of hydrogen-bond donors (Lipinski definition) is 2. The number of nitrogens with one attached hydrogen (secondary N) is 2. The average Bonchev–Trinajstić information content (AvgIpc) is 3.06. The van der Waals surface area contributed by atoms with E-state index in [1.165, 1.54) is 5.39 Å². The fourth-order valence-corrected chi connectivity index (χ4v) is 2.96. The van der Waals surface area contributed by atoms with Crippen LogP contribution in [0.25, 0.3) is 10.9 Å². The number of fused-ring (bicyclic) bond motifs is 3. The Bertz CT molecular complexity index is 772. The standard InChI is InChI=1S/C15H14N4O/c20-15-9-19-13-4-2-1-3-10(13)5-14(19)12(8-16-15)11-6-17-18-7-11/h1-7,12H,8-9H2,(H,16,20)(H,17,18). The molecule has 1 unspecified atom stereocenters. The van der Waals surface area contributed by atoms with Crippen LogP contribution in [0.1, 0.15) is 17.2 Å². The Morgan fingerprint density at radius 2 is 2.20 bits per heavy atom. The van der Waals surface area contributed by atoms with Crippen LogP contribution in [0.5, 0.6) is 0 Å². The summed E-state index contributed by atoms with van der Waals surface area (Å²) in [6.07, 6.45) is 3.72. The van der Waals surface area contributed by atoms with E-state index < -0.39 is 0 Å². The molecule has 3 heterocycles. The molecule has 2 aromatic heterocycles. The molecule has 2 N–H and O–H groups in total. The van der Waals surface area contributed by atoms with Crippen molar-refractivity contribution in [2.75, 3.05) is 6.54 Å². The van der Waals surface area contributed by atoms with Crippen LogP contribution in [0.3, 0.4) is 0 Å². The van der Waals surface area contributed by atoms with Crippen LogP contribution < -0.4 is 5.32 Å². The Kier molecular flexibility index (Phi) is 2.39. The Hall–Kier alpha value is -2.56. The lowest BCUT2D eigenvalue weighted by Crippen LogP contribution is -2.27. The molecule has 0 saturated heterocycles. The first kappa shape index (κ1) is 11.3. The summed E-state index contributed by atoms with van der Waals surface area (Å²) < 4.78 is 2.11. The number of nitrogens with zero attached hydrogens (tertiary/aromatic N) is 2. The van der Waals surface area contributed by atoms with Crippen molar-refractivity contribution in [3.05, 3.63) is 54.0 Å². The van der Waals surface area contributed by atoms with E-state index in [0.717, 1.165) is 16.8 Å². The number of aromatic amines is 1. The molecule has 20 heavy (non-hydrogen) atoms. The number of H-pyrrole nitrogens is 1. The Balaban J connectivity index is 1.95. The normalized spacial score (nSPS) is 18.6. The van der Waals surface area contributed by atoms with Gasteiger partial charge in [-0.1, -0.05) is 18.2 Å². The molecule has 3 aromatic rings. The van der Waals surface area contributed by atoms with Gasteiger partial charge in [-0.15, -0.1) is 0 Å². The summed E-state index contributed by atoms with van der Waals surface area (Å²) in [6.45, 7) is 0.978. The molecule has 5 nitrogen and oxygen atoms in total. The maximum atomic E-state index is 11.9. The van der Waals surface area contributed by atoms with Crippen LogP contribution in [0.2, 0.25) is 0 Å². The number of amides is 1. The first-order valence-electron chi connectivity index (χ1n) is 6.66. The zero-order valence-electron chi connectivity index (χ0n) is 10.8. The van der Waals surface area contributed by atoms with Gasteiger partial charge in [0.1, 0.15) is 6.54 Å². The molecule has 0 saturated carbocycles. The van der Waals surface area contributed by atoms with E-state index in [9.17, 15) is 4.79 Å². The van der Waals surface area contributed by atoms with E-state index in [1.54, 1.807) is 0 Å². The maximum absolute atomic E-state index is 11.9. The molecule has 4 rings (SSSR count). The number of hydrogen-bond acceptors (Lipinski definition) is 2. The number of aromatic nitrogens is 3. The van der Waals surface area contributed by atoms with Gasteiger partial charge in [-0.3, -0.25) is 9.89 Å². The first-order chi connectivity index (χ1) is 9.83. The van der Waals surface area contributed by atoms with Crippen LogP contribution in [0, 0.1) is 0 Å². The number of carbonyl (C=O) groups is 1. The largest absolute Gasteiger partial charge is 0.354 e. The summed E-state index contributed by atoms with van der Waals surface area (Å²) in [5, 5.41) is 11.0. The van der Waals surface area contributed by atoms with E-state index >= 15 is 0 Å². The van der Waals surface area contributed by atoms with Crippen LogP contribution in [-0.4, -0.2) is 27.2 Å². The summed E-state index contributed by atoms with van der Waals surface area (Å²) in [4.78, 5) is 11.9. The minimum absolute atomic E-state index is 0.0543. The molecular weight excluding hydrogens is 252 g/mol. The maximum Gasteiger partial charge on any atom is 0.239 e. The third kappa shape index (κ3) is 1.63. The summed E-state index contributed by atoms with van der Waals surface area (Å²) >= 11 is 0. The molecule has 5 heteroatoms. The molecule has 1 aromatic carbocycles. The molecule has 1 amide bonds. The predicted molar refractivity (Wildman–Crippen MR) is 75.4 cm³/mol. The van der Waals surface area contributed by atoms with E-state index in [-0.39, 0.29) is 11.8 Å². The number of para-hydroxylation sites is 1. The van der Waals surface area contributed by atoms with E-state index in [4.69, 9.17) is 0 Å². The van der Waals surface area contributed by atoms with E-state index in [0.29, 0.717) is 13.1 Å². The molecule has 1 aliphatic heterocycles. The number of benzene rings is 1. The summed E-state index contributed by atoms with van der Waals surface area (Å²) in [7, 11) is 0. The number of rotatable bonds is 1. The van der Waals surface area contributed by atoms with Crippen LogP contribution in [0.4, 0.5) is 0 Å². The molecule has 0 fully saturated rings. The van der Waals surface area contributed by atoms with E-state index in [1.807, 2.05) is 24.5 Å². The monoisotopic (exact) mass is 266 g/mol. The molecule has 1 atom stereocenters. The second kappa shape index (κ2) is 4.23. The second-order valence-corrected chi connectivity index (χ2v) is 5.10. The highest BCUT2D eigenvalue weighted by Gasteiger charge is 2.25. The van der Waals surface area contributed by atoms with Crippen molar-refractivity contribution in [1.82, 2.24) is 20.1 Å². The molecule has 1 aliphatic rings. The van der Waals surface area contributed by atoms with Crippen LogP contribution in [-0.2, 0) is 11.3 Å². The van der Waals surface area contributed by atoms with Gasteiger partial charge in [0.15, 0.2) is 0 Å². The second-order valence-electron chi connectivity index (χ2n) is 5.10. The van der Waals surface area contributed by atoms with Gasteiger partial charge in [-0.05, 0) is 17.5 Å². The zero-order valence-corrected chi connectivity index (χ0v) is 10.8. The third-order valence-electron chi connectivity index (χ3n) is 3.93. The van der Waals surface area contributed by atoms with Gasteiger partial charge < -0.3 is 9.88 Å². The van der Waals surface area contributed by atoms with Crippen LogP contribution in [0.15, 0.2) is 42.7 Å². The highest BCUT2D eigenvalue weighted by Crippen LogP contribution is 2.30. The molecular formula is C15H14N4O. The third-order valence-corrected chi connectivity index (χ3v) is 3.93. The molecule has 0 aliphatic carbocycles. The lowest BCUT2D eigenvalue weighted by molar-refractivity contribution is -0.121. The summed E-state index contributed by atoms with van der Waals surface area (Å²) in [5.41, 5.74) is 3.36. The van der Waals surface area contributed by atoms with Gasteiger partial charge in [0.2, 0.25) is 5.91 Å². The van der Waals surface area contributed by atoms with Gasteiger partial charge in [0, 0.05) is 35.4 Å². The quantitative estimate of drug-likeness (QED) is 0.703. The van der Waals surface area contributed by atoms with Gasteiger partial charge in [-0.2, -0.15) is 5.10 Å². The predicted octanol–water partition coefficient (Wildman–Crippen LogP) is 1.63. The highest BCUT2D eigenvalue weighted by atomic mass is 16.1. The molecule has 0 spiro atoms. The summed E-state index contributed by atoms with van der Waals surface area (Å²) in [6, 6.07) is 10.3. The minimum atomic E-state index is 0.0543. The van der Waals surface area contributed by atoms with Crippen molar-refractivity contribution >= 4 is 16.8 Å². The minimum Gasteiger partial charge on any atom is -0.354 e. The van der Waals surface area contributed by atoms with Gasteiger partial charge in [0.25, 0.3) is 0 Å². The van der Waals surface area contributed by atoms with E-state index in [2.05, 4.69) is 38.3 Å². The first-order valence-corrected chi connectivity index (χ1v) is 6.66. The lowest BCUT2D eigenvalue weighted by Gasteiger charge is -2.13. The van der Waals surface area contributed by atoms with Gasteiger partial charge in [0.05, 0.1) is 6.20 Å². The van der Waals surface area contributed by atoms with Crippen molar-refractivity contribution in [2.24, 2.45) is 0 Å². The fourth-order valence-electron chi connectivity index (χ4n) is 2.96. The Morgan fingerprint density at radius 1 is 1.30 bits per heavy atom. The van der Waals surface area contributed by atoms with Crippen molar-refractivity contribution in [3.8, 4) is 0 Å². The smallest absolute Gasteiger partial charge is 0.239 e. The Labute approximate surface area is 115 Å². The van der Waals surface area contributed by atoms with Crippen molar-refractivity contribution in [1.29, 1.82) is 0 Å². The van der Waals surface area contributed by atoms with Crippen molar-refractivity contribution < 1.29 is 4.79 Å².